The minimum absolute atomic E-state index is 0.0469. The van der Waals surface area contributed by atoms with Crippen molar-refractivity contribution in [3.8, 4) is 11.5 Å². The fourth-order valence-electron chi connectivity index (χ4n) is 5.49. The second-order valence-electron chi connectivity index (χ2n) is 10.2. The highest BCUT2D eigenvalue weighted by Crippen LogP contribution is 2.64. The molecule has 2 saturated heterocycles. The van der Waals surface area contributed by atoms with E-state index in [2.05, 4.69) is 15.4 Å². The molecule has 0 aromatic heterocycles. The lowest BCUT2D eigenvalue weighted by Crippen LogP contribution is -2.53. The molecule has 9 nitrogen and oxygen atoms in total. The number of carbonyl (C=O) groups is 3. The van der Waals surface area contributed by atoms with Crippen molar-refractivity contribution >= 4 is 17.7 Å². The van der Waals surface area contributed by atoms with Crippen molar-refractivity contribution in [3.63, 3.8) is 0 Å². The molecule has 0 bridgehead atoms. The molecule has 3 fully saturated rings. The number of hydrogen-bond acceptors (Lipinski definition) is 6. The quantitative estimate of drug-likeness (QED) is 0.460. The van der Waals surface area contributed by atoms with E-state index in [1.165, 1.54) is 17.0 Å². The van der Waals surface area contributed by atoms with Gasteiger partial charge in [0, 0.05) is 19.0 Å². The van der Waals surface area contributed by atoms with Crippen molar-refractivity contribution in [2.24, 2.45) is 23.2 Å². The van der Waals surface area contributed by atoms with E-state index in [1.54, 1.807) is 0 Å². The van der Waals surface area contributed by atoms with E-state index >= 15 is 0 Å². The molecule has 0 unspecified atom stereocenters. The van der Waals surface area contributed by atoms with Gasteiger partial charge in [0.15, 0.2) is 6.61 Å². The number of benzene rings is 1. The molecular formula is C24H30F3N3O6. The second-order valence-corrected chi connectivity index (χ2v) is 10.2. The molecule has 12 heteroatoms. The Morgan fingerprint density at radius 1 is 1.25 bits per heavy atom. The Kier molecular flexibility index (Phi) is 7.09. The molecule has 0 spiro atoms. The molecule has 1 aliphatic carbocycles. The number of rotatable bonds is 9. The molecule has 1 saturated carbocycles. The van der Waals surface area contributed by atoms with Crippen LogP contribution in [0.5, 0.6) is 11.5 Å². The van der Waals surface area contributed by atoms with Gasteiger partial charge in [-0.05, 0) is 54.4 Å². The number of fused-ring (bicyclic) bond motifs is 1. The summed E-state index contributed by atoms with van der Waals surface area (Å²) >= 11 is 0. The maximum absolute atomic E-state index is 13.3. The Bertz CT molecular complexity index is 1000. The summed E-state index contributed by atoms with van der Waals surface area (Å²) in [6, 6.07) is 3.32. The summed E-state index contributed by atoms with van der Waals surface area (Å²) in [5.74, 6) is -1.32. The van der Waals surface area contributed by atoms with Gasteiger partial charge in [0.25, 0.3) is 5.91 Å². The van der Waals surface area contributed by atoms with Gasteiger partial charge < -0.3 is 30.1 Å². The van der Waals surface area contributed by atoms with Crippen LogP contribution < -0.4 is 20.1 Å². The maximum atomic E-state index is 13.3. The van der Waals surface area contributed by atoms with Gasteiger partial charge in [-0.15, -0.1) is 13.2 Å². The first kappa shape index (κ1) is 26.1. The molecule has 1 aromatic rings. The zero-order chi connectivity index (χ0) is 26.3. The molecule has 4 rings (SSSR count). The smallest absolute Gasteiger partial charge is 0.484 e. The zero-order valence-corrected chi connectivity index (χ0v) is 20.0. The van der Waals surface area contributed by atoms with E-state index in [-0.39, 0.29) is 47.3 Å². The lowest BCUT2D eigenvalue weighted by Gasteiger charge is -2.31. The molecular weight excluding hydrogens is 483 g/mol. The van der Waals surface area contributed by atoms with Crippen LogP contribution in [0.15, 0.2) is 24.3 Å². The van der Waals surface area contributed by atoms with Crippen LogP contribution >= 0.6 is 0 Å². The summed E-state index contributed by atoms with van der Waals surface area (Å²) in [5, 5.41) is 15.4. The minimum atomic E-state index is -4.81. The average Bonchev–Trinajstić information content (AvgIpc) is 3.16. The second kappa shape index (κ2) is 9.79. The van der Waals surface area contributed by atoms with Gasteiger partial charge in [0.2, 0.25) is 11.8 Å². The van der Waals surface area contributed by atoms with Crippen LogP contribution in [-0.2, 0) is 14.4 Å². The molecule has 0 radical (unpaired) electrons. The maximum Gasteiger partial charge on any atom is 0.573 e. The van der Waals surface area contributed by atoms with E-state index in [4.69, 9.17) is 4.74 Å². The number of carbonyl (C=O) groups excluding carboxylic acids is 3. The number of ether oxygens (including phenoxy) is 2. The summed E-state index contributed by atoms with van der Waals surface area (Å²) in [6.07, 6.45) is -3.86. The molecule has 36 heavy (non-hydrogen) atoms. The average molecular weight is 514 g/mol. The van der Waals surface area contributed by atoms with Gasteiger partial charge in [0.1, 0.15) is 17.5 Å². The third-order valence-corrected chi connectivity index (χ3v) is 7.52. The van der Waals surface area contributed by atoms with E-state index in [9.17, 15) is 32.7 Å². The van der Waals surface area contributed by atoms with Crippen LogP contribution in [0.2, 0.25) is 0 Å². The van der Waals surface area contributed by atoms with Crippen LogP contribution in [0.25, 0.3) is 0 Å². The third-order valence-electron chi connectivity index (χ3n) is 7.52. The number of aliphatic hydroxyl groups excluding tert-OH is 1. The van der Waals surface area contributed by atoms with E-state index in [1.807, 2.05) is 13.8 Å². The Hall–Kier alpha value is -3.02. The molecule has 3 aliphatic rings. The first-order valence-corrected chi connectivity index (χ1v) is 11.9. The van der Waals surface area contributed by atoms with E-state index < -0.39 is 36.7 Å². The fourth-order valence-corrected chi connectivity index (χ4v) is 5.49. The topological polar surface area (TPSA) is 117 Å². The Morgan fingerprint density at radius 2 is 1.92 bits per heavy atom. The number of likely N-dealkylation sites (tertiary alicyclic amines) is 1. The molecule has 1 aromatic carbocycles. The molecule has 2 aliphatic heterocycles. The monoisotopic (exact) mass is 513 g/mol. The minimum Gasteiger partial charge on any atom is -0.484 e. The number of nitrogens with zero attached hydrogens (tertiary/aromatic N) is 1. The van der Waals surface area contributed by atoms with Crippen molar-refractivity contribution in [2.45, 2.75) is 45.1 Å². The Morgan fingerprint density at radius 3 is 2.50 bits per heavy atom. The van der Waals surface area contributed by atoms with Crippen molar-refractivity contribution < 1.29 is 42.1 Å². The van der Waals surface area contributed by atoms with Crippen LogP contribution in [-0.4, -0.2) is 72.5 Å². The number of nitrogens with one attached hydrogen (secondary N) is 2. The first-order chi connectivity index (χ1) is 16.9. The highest BCUT2D eigenvalue weighted by molar-refractivity contribution is 5.90. The lowest BCUT2D eigenvalue weighted by molar-refractivity contribution is -0.274. The lowest BCUT2D eigenvalue weighted by atomic mass is 9.97. The summed E-state index contributed by atoms with van der Waals surface area (Å²) in [6.45, 7) is 4.30. The number of halogens is 3. The summed E-state index contributed by atoms with van der Waals surface area (Å²) in [4.78, 5) is 39.6. The molecule has 5 atom stereocenters. The number of piperidine rings is 1. The van der Waals surface area contributed by atoms with Gasteiger partial charge in [0.05, 0.1) is 12.6 Å². The van der Waals surface area contributed by atoms with Gasteiger partial charge in [-0.2, -0.15) is 0 Å². The number of aliphatic hydroxyl groups is 1. The van der Waals surface area contributed by atoms with E-state index in [0.29, 0.717) is 25.9 Å². The summed E-state index contributed by atoms with van der Waals surface area (Å²) < 4.78 is 46.2. The third kappa shape index (κ3) is 5.53. The highest BCUT2D eigenvalue weighted by atomic mass is 19.4. The normalized spacial score (nSPS) is 27.2. The van der Waals surface area contributed by atoms with Crippen LogP contribution in [0, 0.1) is 23.2 Å². The zero-order valence-electron chi connectivity index (χ0n) is 20.0. The summed E-state index contributed by atoms with van der Waals surface area (Å²) in [5.41, 5.74) is -0.117. The Labute approximate surface area is 206 Å². The van der Waals surface area contributed by atoms with Gasteiger partial charge in [-0.3, -0.25) is 14.4 Å². The van der Waals surface area contributed by atoms with Gasteiger partial charge in [-0.25, -0.2) is 0 Å². The molecule has 3 N–H and O–H groups in total. The van der Waals surface area contributed by atoms with E-state index in [0.717, 1.165) is 12.1 Å². The number of amides is 3. The van der Waals surface area contributed by atoms with Crippen LogP contribution in [0.1, 0.15) is 26.7 Å². The first-order valence-electron chi connectivity index (χ1n) is 11.9. The molecule has 3 amide bonds. The number of hydrogen-bond donors (Lipinski definition) is 3. The predicted molar refractivity (Wildman–Crippen MR) is 120 cm³/mol. The highest BCUT2D eigenvalue weighted by Gasteiger charge is 2.69. The summed E-state index contributed by atoms with van der Waals surface area (Å²) in [7, 11) is 0. The van der Waals surface area contributed by atoms with Crippen LogP contribution in [0.4, 0.5) is 13.2 Å². The standard InChI is InChI=1S/C24H30F3N3O6/c1-23(2)17-10-30(18(32)12-35-15-3-5-16(6-4-15)36-24(25,26)27)20(19(17)23)22(34)29-14(11-31)9-13-7-8-28-21(13)33/h3-6,13-14,17,19-20,31H,7-12H2,1-2H3,(H,28,33)(H,29,34)/t13-,14-,17-,19-,20-/m0/s1. The van der Waals surface area contributed by atoms with Gasteiger partial charge >= 0.3 is 6.36 Å². The number of alkyl halides is 3. The fraction of sp³-hybridized carbons (Fsp3) is 0.625. The Balaban J connectivity index is 1.37. The van der Waals surface area contributed by atoms with Crippen LogP contribution in [0.3, 0.4) is 0 Å². The van der Waals surface area contributed by atoms with Crippen molar-refractivity contribution in [3.05, 3.63) is 24.3 Å². The predicted octanol–water partition coefficient (Wildman–Crippen LogP) is 1.45. The van der Waals surface area contributed by atoms with Gasteiger partial charge in [-0.1, -0.05) is 13.8 Å². The van der Waals surface area contributed by atoms with Crippen molar-refractivity contribution in [1.29, 1.82) is 0 Å². The van der Waals surface area contributed by atoms with Crippen molar-refractivity contribution in [2.75, 3.05) is 26.3 Å². The van der Waals surface area contributed by atoms with Crippen molar-refractivity contribution in [1.82, 2.24) is 15.5 Å². The SMILES string of the molecule is CC1(C)[C@@H]2[C@@H](C(=O)N[C@H](CO)C[C@@H]3CCNC3=O)N(C(=O)COc3ccc(OC(F)(F)F)cc3)C[C@@H]21. The molecule has 198 valence electrons. The largest absolute Gasteiger partial charge is 0.573 e. The molecule has 2 heterocycles.